The fraction of sp³-hybridized carbons (Fsp3) is 0.400. The van der Waals surface area contributed by atoms with Crippen molar-refractivity contribution in [2.75, 3.05) is 31.1 Å². The molecule has 0 radical (unpaired) electrons. The van der Waals surface area contributed by atoms with E-state index in [-0.39, 0.29) is 0 Å². The average Bonchev–Trinajstić information content (AvgIpc) is 2.56. The summed E-state index contributed by atoms with van der Waals surface area (Å²) in [6, 6.07) is 17.9. The Labute approximate surface area is 134 Å². The predicted molar refractivity (Wildman–Crippen MR) is 94.5 cm³/mol. The molecule has 1 heterocycles. The third kappa shape index (κ3) is 3.69. The molecule has 1 aliphatic rings. The van der Waals surface area contributed by atoms with Crippen LogP contribution in [-0.2, 0) is 13.0 Å². The molecule has 0 unspecified atom stereocenters. The summed E-state index contributed by atoms with van der Waals surface area (Å²) in [5.74, 6) is 0. The molecule has 0 N–H and O–H groups in total. The topological polar surface area (TPSA) is 6.48 Å². The largest absolute Gasteiger partial charge is 0.369 e. The van der Waals surface area contributed by atoms with Gasteiger partial charge in [0.15, 0.2) is 0 Å². The van der Waals surface area contributed by atoms with Gasteiger partial charge in [0.25, 0.3) is 0 Å². The molecule has 0 aromatic heterocycles. The maximum atomic E-state index is 2.56. The number of piperazine rings is 1. The number of nitrogens with zero attached hydrogens (tertiary/aromatic N) is 2. The van der Waals surface area contributed by atoms with Gasteiger partial charge in [-0.1, -0.05) is 48.9 Å². The molecule has 2 aromatic rings. The van der Waals surface area contributed by atoms with E-state index in [0.717, 1.165) is 39.1 Å². The van der Waals surface area contributed by atoms with Crippen LogP contribution in [-0.4, -0.2) is 31.1 Å². The standard InChI is InChI=1S/C20H26N2/c1-3-18-7-5-9-20(15-18)22-12-10-21(11-13-22)16-19-8-4-6-17(2)14-19/h4-9,14-15H,3,10-13,16H2,1-2H3. The second kappa shape index (κ2) is 6.97. The molecule has 1 saturated heterocycles. The van der Waals surface area contributed by atoms with Crippen LogP contribution in [0.3, 0.4) is 0 Å². The average molecular weight is 294 g/mol. The minimum Gasteiger partial charge on any atom is -0.369 e. The van der Waals surface area contributed by atoms with E-state index in [1.54, 1.807) is 0 Å². The molecule has 0 spiro atoms. The number of benzene rings is 2. The zero-order valence-electron chi connectivity index (χ0n) is 13.8. The van der Waals surface area contributed by atoms with Gasteiger partial charge in [-0.25, -0.2) is 0 Å². The normalized spacial score (nSPS) is 16.0. The zero-order valence-corrected chi connectivity index (χ0v) is 13.8. The lowest BCUT2D eigenvalue weighted by atomic mass is 10.1. The fourth-order valence-electron chi connectivity index (χ4n) is 3.21. The Balaban J connectivity index is 1.58. The molecule has 2 aromatic carbocycles. The van der Waals surface area contributed by atoms with Crippen molar-refractivity contribution < 1.29 is 0 Å². The van der Waals surface area contributed by atoms with E-state index in [9.17, 15) is 0 Å². The number of hydrogen-bond acceptors (Lipinski definition) is 2. The van der Waals surface area contributed by atoms with Crippen LogP contribution in [0.25, 0.3) is 0 Å². The summed E-state index contributed by atoms with van der Waals surface area (Å²) >= 11 is 0. The Morgan fingerprint density at radius 1 is 0.864 bits per heavy atom. The van der Waals surface area contributed by atoms with Gasteiger partial charge in [0.05, 0.1) is 0 Å². The van der Waals surface area contributed by atoms with Crippen LogP contribution in [0.5, 0.6) is 0 Å². The summed E-state index contributed by atoms with van der Waals surface area (Å²) < 4.78 is 0. The number of aryl methyl sites for hydroxylation is 2. The molecule has 3 rings (SSSR count). The summed E-state index contributed by atoms with van der Waals surface area (Å²) in [5, 5.41) is 0. The maximum absolute atomic E-state index is 2.56. The highest BCUT2D eigenvalue weighted by atomic mass is 15.3. The van der Waals surface area contributed by atoms with Crippen LogP contribution in [0, 0.1) is 6.92 Å². The van der Waals surface area contributed by atoms with Gasteiger partial charge >= 0.3 is 0 Å². The van der Waals surface area contributed by atoms with Crippen LogP contribution in [0.4, 0.5) is 5.69 Å². The summed E-state index contributed by atoms with van der Waals surface area (Å²) in [5.41, 5.74) is 5.60. The Morgan fingerprint density at radius 2 is 1.59 bits per heavy atom. The zero-order chi connectivity index (χ0) is 15.4. The molecule has 0 aliphatic carbocycles. The van der Waals surface area contributed by atoms with Gasteiger partial charge < -0.3 is 4.90 Å². The van der Waals surface area contributed by atoms with Gasteiger partial charge in [-0.2, -0.15) is 0 Å². The Kier molecular flexibility index (Phi) is 4.79. The van der Waals surface area contributed by atoms with E-state index in [1.165, 1.54) is 22.4 Å². The van der Waals surface area contributed by atoms with Crippen molar-refractivity contribution in [3.05, 3.63) is 65.2 Å². The minimum absolute atomic E-state index is 1.07. The molecule has 2 heteroatoms. The molecule has 0 bridgehead atoms. The molecule has 0 saturated carbocycles. The molecule has 22 heavy (non-hydrogen) atoms. The van der Waals surface area contributed by atoms with Crippen molar-refractivity contribution >= 4 is 5.69 Å². The lowest BCUT2D eigenvalue weighted by molar-refractivity contribution is 0.250. The van der Waals surface area contributed by atoms with E-state index in [1.807, 2.05) is 0 Å². The first-order chi connectivity index (χ1) is 10.7. The van der Waals surface area contributed by atoms with Gasteiger partial charge in [-0.3, -0.25) is 4.90 Å². The van der Waals surface area contributed by atoms with E-state index >= 15 is 0 Å². The van der Waals surface area contributed by atoms with E-state index in [0.29, 0.717) is 0 Å². The molecule has 116 valence electrons. The maximum Gasteiger partial charge on any atom is 0.0369 e. The third-order valence-corrected chi connectivity index (χ3v) is 4.54. The SMILES string of the molecule is CCc1cccc(N2CCN(Cc3cccc(C)c3)CC2)c1. The first-order valence-corrected chi connectivity index (χ1v) is 8.36. The van der Waals surface area contributed by atoms with Crippen LogP contribution >= 0.6 is 0 Å². The molecule has 0 atom stereocenters. The van der Waals surface area contributed by atoms with Gasteiger partial charge in [-0.15, -0.1) is 0 Å². The van der Waals surface area contributed by atoms with Crippen molar-refractivity contribution in [3.63, 3.8) is 0 Å². The van der Waals surface area contributed by atoms with E-state index in [4.69, 9.17) is 0 Å². The second-order valence-corrected chi connectivity index (χ2v) is 6.28. The molecule has 2 nitrogen and oxygen atoms in total. The highest BCUT2D eigenvalue weighted by Gasteiger charge is 2.17. The lowest BCUT2D eigenvalue weighted by Crippen LogP contribution is -2.46. The molecular formula is C20H26N2. The summed E-state index contributed by atoms with van der Waals surface area (Å²) in [6.45, 7) is 10.00. The van der Waals surface area contributed by atoms with Crippen LogP contribution in [0.15, 0.2) is 48.5 Å². The lowest BCUT2D eigenvalue weighted by Gasteiger charge is -2.36. The second-order valence-electron chi connectivity index (χ2n) is 6.28. The van der Waals surface area contributed by atoms with Gasteiger partial charge in [0.1, 0.15) is 0 Å². The number of anilines is 1. The first-order valence-electron chi connectivity index (χ1n) is 8.36. The summed E-state index contributed by atoms with van der Waals surface area (Å²) in [7, 11) is 0. The van der Waals surface area contributed by atoms with E-state index in [2.05, 4.69) is 72.2 Å². The molecule has 1 aliphatic heterocycles. The van der Waals surface area contributed by atoms with Crippen molar-refractivity contribution in [3.8, 4) is 0 Å². The van der Waals surface area contributed by atoms with Crippen molar-refractivity contribution in [2.24, 2.45) is 0 Å². The number of rotatable bonds is 4. The first kappa shape index (κ1) is 15.1. The van der Waals surface area contributed by atoms with Crippen molar-refractivity contribution in [1.82, 2.24) is 4.90 Å². The molecule has 1 fully saturated rings. The summed E-state index contributed by atoms with van der Waals surface area (Å²) in [6.07, 6.45) is 1.11. The molecule has 0 amide bonds. The van der Waals surface area contributed by atoms with Crippen LogP contribution in [0.1, 0.15) is 23.6 Å². The van der Waals surface area contributed by atoms with E-state index < -0.39 is 0 Å². The van der Waals surface area contributed by atoms with Gasteiger partial charge in [0.2, 0.25) is 0 Å². The Hall–Kier alpha value is -1.80. The van der Waals surface area contributed by atoms with Crippen LogP contribution < -0.4 is 4.90 Å². The third-order valence-electron chi connectivity index (χ3n) is 4.54. The minimum atomic E-state index is 1.07. The quantitative estimate of drug-likeness (QED) is 0.844. The summed E-state index contributed by atoms with van der Waals surface area (Å²) in [4.78, 5) is 5.08. The van der Waals surface area contributed by atoms with Crippen molar-refractivity contribution in [2.45, 2.75) is 26.8 Å². The Morgan fingerprint density at radius 3 is 2.32 bits per heavy atom. The van der Waals surface area contributed by atoms with Crippen LogP contribution in [0.2, 0.25) is 0 Å². The Bertz CT molecular complexity index is 613. The van der Waals surface area contributed by atoms with Gasteiger partial charge in [-0.05, 0) is 36.6 Å². The monoisotopic (exact) mass is 294 g/mol. The highest BCUT2D eigenvalue weighted by Crippen LogP contribution is 2.19. The molecular weight excluding hydrogens is 268 g/mol. The van der Waals surface area contributed by atoms with Crippen molar-refractivity contribution in [1.29, 1.82) is 0 Å². The van der Waals surface area contributed by atoms with Gasteiger partial charge in [0, 0.05) is 38.4 Å². The smallest absolute Gasteiger partial charge is 0.0369 e. The fourth-order valence-corrected chi connectivity index (χ4v) is 3.21. The predicted octanol–water partition coefficient (Wildman–Crippen LogP) is 3.88. The highest BCUT2D eigenvalue weighted by molar-refractivity contribution is 5.49. The number of hydrogen-bond donors (Lipinski definition) is 0.